The molecular weight excluding hydrogens is 254 g/mol. The monoisotopic (exact) mass is 265 g/mol. The molecule has 0 aliphatic carbocycles. The minimum Gasteiger partial charge on any atom is -0.858 e. The molecule has 2 aromatic carbocycles. The SMILES string of the molecule is [O-]/C(=N\c1c[n+](-c2ccccc2)no1)c1ccccc1. The number of aliphatic imine (C=N–C) groups is 1. The number of benzene rings is 2. The van der Waals surface area contributed by atoms with E-state index in [0.717, 1.165) is 5.69 Å². The molecule has 0 amide bonds. The van der Waals surface area contributed by atoms with Gasteiger partial charge in [-0.2, -0.15) is 0 Å². The first-order valence-electron chi connectivity index (χ1n) is 6.08. The highest BCUT2D eigenvalue weighted by atomic mass is 16.5. The molecule has 5 nitrogen and oxygen atoms in total. The maximum atomic E-state index is 11.9. The molecule has 5 heteroatoms. The highest BCUT2D eigenvalue weighted by Crippen LogP contribution is 2.10. The Morgan fingerprint density at radius 3 is 2.35 bits per heavy atom. The van der Waals surface area contributed by atoms with Crippen molar-refractivity contribution in [3.63, 3.8) is 0 Å². The van der Waals surface area contributed by atoms with Crippen molar-refractivity contribution in [3.8, 4) is 5.69 Å². The van der Waals surface area contributed by atoms with Gasteiger partial charge < -0.3 is 5.11 Å². The van der Waals surface area contributed by atoms with Crippen LogP contribution in [0.1, 0.15) is 5.56 Å². The summed E-state index contributed by atoms with van der Waals surface area (Å²) in [5, 5.41) is 15.7. The second-order valence-electron chi connectivity index (χ2n) is 4.10. The number of hydrogen-bond acceptors (Lipinski definition) is 4. The maximum absolute atomic E-state index is 11.9. The third-order valence-corrected chi connectivity index (χ3v) is 2.71. The van der Waals surface area contributed by atoms with E-state index in [9.17, 15) is 5.11 Å². The summed E-state index contributed by atoms with van der Waals surface area (Å²) in [7, 11) is 0. The van der Waals surface area contributed by atoms with Crippen LogP contribution >= 0.6 is 0 Å². The molecule has 0 saturated heterocycles. The second-order valence-corrected chi connectivity index (χ2v) is 4.10. The largest absolute Gasteiger partial charge is 0.858 e. The molecule has 0 unspecified atom stereocenters. The van der Waals surface area contributed by atoms with Gasteiger partial charge in [-0.25, -0.2) is 4.99 Å². The molecule has 0 radical (unpaired) electrons. The van der Waals surface area contributed by atoms with E-state index in [1.807, 2.05) is 36.4 Å². The molecule has 20 heavy (non-hydrogen) atoms. The highest BCUT2D eigenvalue weighted by Gasteiger charge is 2.13. The summed E-state index contributed by atoms with van der Waals surface area (Å²) in [4.78, 5) is 3.89. The van der Waals surface area contributed by atoms with Crippen LogP contribution in [0.2, 0.25) is 0 Å². The summed E-state index contributed by atoms with van der Waals surface area (Å²) in [5.74, 6) is -0.190. The zero-order chi connectivity index (χ0) is 13.8. The Morgan fingerprint density at radius 1 is 1.00 bits per heavy atom. The van der Waals surface area contributed by atoms with Crippen molar-refractivity contribution in [1.29, 1.82) is 0 Å². The maximum Gasteiger partial charge on any atom is 0.321 e. The summed E-state index contributed by atoms with van der Waals surface area (Å²) in [6, 6.07) is 18.3. The molecule has 0 fully saturated rings. The Balaban J connectivity index is 1.88. The topological polar surface area (TPSA) is 65.3 Å². The smallest absolute Gasteiger partial charge is 0.321 e. The Kier molecular flexibility index (Phi) is 3.24. The van der Waals surface area contributed by atoms with Crippen molar-refractivity contribution in [3.05, 3.63) is 72.4 Å². The molecular formula is C15H11N3O2. The Labute approximate surface area is 115 Å². The van der Waals surface area contributed by atoms with Crippen LogP contribution in [0, 0.1) is 0 Å². The average molecular weight is 265 g/mol. The van der Waals surface area contributed by atoms with Gasteiger partial charge in [0.2, 0.25) is 11.0 Å². The van der Waals surface area contributed by atoms with Crippen molar-refractivity contribution in [2.75, 3.05) is 0 Å². The first-order chi connectivity index (χ1) is 9.83. The molecule has 1 heterocycles. The van der Waals surface area contributed by atoms with Crippen molar-refractivity contribution >= 4 is 11.8 Å². The van der Waals surface area contributed by atoms with Gasteiger partial charge in [-0.3, -0.25) is 4.52 Å². The van der Waals surface area contributed by atoms with Crippen molar-refractivity contribution in [2.24, 2.45) is 4.99 Å². The molecule has 0 saturated carbocycles. The molecule has 0 bridgehead atoms. The molecule has 1 aromatic heterocycles. The summed E-state index contributed by atoms with van der Waals surface area (Å²) >= 11 is 0. The zero-order valence-corrected chi connectivity index (χ0v) is 10.5. The molecule has 3 aromatic rings. The molecule has 0 aliphatic heterocycles. The fraction of sp³-hybridized carbons (Fsp3) is 0. The van der Waals surface area contributed by atoms with Gasteiger partial charge in [0.15, 0.2) is 0 Å². The average Bonchev–Trinajstić information content (AvgIpc) is 2.97. The van der Waals surface area contributed by atoms with E-state index < -0.39 is 0 Å². The van der Waals surface area contributed by atoms with E-state index in [0.29, 0.717) is 5.56 Å². The van der Waals surface area contributed by atoms with Gasteiger partial charge in [0.25, 0.3) is 6.20 Å². The molecule has 3 rings (SSSR count). The van der Waals surface area contributed by atoms with E-state index in [4.69, 9.17) is 4.52 Å². The van der Waals surface area contributed by atoms with Crippen molar-refractivity contribution in [2.45, 2.75) is 0 Å². The fourth-order valence-corrected chi connectivity index (χ4v) is 1.73. The van der Waals surface area contributed by atoms with Gasteiger partial charge in [-0.15, -0.1) is 0 Å². The van der Waals surface area contributed by atoms with Crippen LogP contribution in [0.4, 0.5) is 5.88 Å². The number of aromatic nitrogens is 2. The van der Waals surface area contributed by atoms with Gasteiger partial charge in [0.05, 0.1) is 0 Å². The van der Waals surface area contributed by atoms with Crippen LogP contribution in [-0.4, -0.2) is 11.2 Å². The van der Waals surface area contributed by atoms with Gasteiger partial charge in [-0.05, 0) is 16.1 Å². The minimum atomic E-state index is -0.359. The van der Waals surface area contributed by atoms with Crippen LogP contribution < -0.4 is 9.79 Å². The lowest BCUT2D eigenvalue weighted by molar-refractivity contribution is -0.670. The van der Waals surface area contributed by atoms with Gasteiger partial charge in [0.1, 0.15) is 0 Å². The predicted molar refractivity (Wildman–Crippen MR) is 70.7 cm³/mol. The molecule has 0 spiro atoms. The van der Waals surface area contributed by atoms with E-state index >= 15 is 0 Å². The quantitative estimate of drug-likeness (QED) is 0.408. The molecule has 0 aliphatic rings. The summed E-state index contributed by atoms with van der Waals surface area (Å²) in [6.45, 7) is 0. The van der Waals surface area contributed by atoms with Crippen LogP contribution in [0.25, 0.3) is 5.69 Å². The van der Waals surface area contributed by atoms with Crippen LogP contribution in [0.3, 0.4) is 0 Å². The highest BCUT2D eigenvalue weighted by molar-refractivity contribution is 5.91. The lowest BCUT2D eigenvalue weighted by Crippen LogP contribution is -2.30. The minimum absolute atomic E-state index is 0.169. The van der Waals surface area contributed by atoms with E-state index in [-0.39, 0.29) is 11.8 Å². The first-order valence-corrected chi connectivity index (χ1v) is 6.08. The first kappa shape index (κ1) is 12.1. The van der Waals surface area contributed by atoms with Gasteiger partial charge in [0, 0.05) is 12.1 Å². The lowest BCUT2D eigenvalue weighted by Gasteiger charge is -2.07. The number of nitrogens with zero attached hydrogens (tertiary/aromatic N) is 3. The Bertz CT molecular complexity index is 721. The number of hydrogen-bond donors (Lipinski definition) is 0. The number of rotatable bonds is 3. The van der Waals surface area contributed by atoms with Gasteiger partial charge >= 0.3 is 5.88 Å². The zero-order valence-electron chi connectivity index (χ0n) is 10.5. The third-order valence-electron chi connectivity index (χ3n) is 2.71. The normalized spacial score (nSPS) is 11.5. The lowest BCUT2D eigenvalue weighted by atomic mass is 10.2. The van der Waals surface area contributed by atoms with Crippen LogP contribution in [-0.2, 0) is 0 Å². The molecule has 0 N–H and O–H groups in total. The van der Waals surface area contributed by atoms with Crippen molar-refractivity contribution < 1.29 is 14.3 Å². The van der Waals surface area contributed by atoms with E-state index in [1.54, 1.807) is 30.5 Å². The van der Waals surface area contributed by atoms with Gasteiger partial charge in [-0.1, -0.05) is 48.5 Å². The van der Waals surface area contributed by atoms with Crippen molar-refractivity contribution in [1.82, 2.24) is 5.27 Å². The van der Waals surface area contributed by atoms with Crippen LogP contribution in [0.15, 0.2) is 76.4 Å². The Morgan fingerprint density at radius 2 is 1.65 bits per heavy atom. The fourth-order valence-electron chi connectivity index (χ4n) is 1.73. The summed E-state index contributed by atoms with van der Waals surface area (Å²) in [6.07, 6.45) is 1.57. The summed E-state index contributed by atoms with van der Waals surface area (Å²) in [5.41, 5.74) is 1.35. The van der Waals surface area contributed by atoms with E-state index in [1.165, 1.54) is 4.68 Å². The second kappa shape index (κ2) is 5.36. The summed E-state index contributed by atoms with van der Waals surface area (Å²) < 4.78 is 6.56. The third kappa shape index (κ3) is 2.56. The standard InChI is InChI=1S/C15H11N3O2/c19-15(12-7-3-1-4-8-12)16-14-11-18(17-20-14)13-9-5-2-6-10-13/h1-11H. The number of para-hydroxylation sites is 1. The Hall–Kier alpha value is -2.95. The molecule has 98 valence electrons. The van der Waals surface area contributed by atoms with Crippen LogP contribution in [0.5, 0.6) is 0 Å². The molecule has 0 atom stereocenters. The predicted octanol–water partition coefficient (Wildman–Crippen LogP) is 1.39. The van der Waals surface area contributed by atoms with E-state index in [2.05, 4.69) is 10.3 Å².